The third-order valence-electron chi connectivity index (χ3n) is 2.97. The zero-order valence-corrected chi connectivity index (χ0v) is 10.7. The molecule has 0 radical (unpaired) electrons. The molecule has 1 aliphatic heterocycles. The first-order valence-electron chi connectivity index (χ1n) is 5.35. The van der Waals surface area contributed by atoms with Crippen LogP contribution in [0.4, 0.5) is 0 Å². The second-order valence-corrected chi connectivity index (χ2v) is 5.14. The Kier molecular flexibility index (Phi) is 3.73. The molecule has 0 bridgehead atoms. The van der Waals surface area contributed by atoms with Gasteiger partial charge in [0.05, 0.1) is 6.61 Å². The van der Waals surface area contributed by atoms with E-state index in [0.717, 1.165) is 0 Å². The molecule has 2 N–H and O–H groups in total. The molecular formula is C12H13Cl2NO2. The van der Waals surface area contributed by atoms with Crippen LogP contribution in [0.15, 0.2) is 18.2 Å². The number of halogens is 2. The number of carbonyl (C=O) groups excluding carboxylic acids is 1. The van der Waals surface area contributed by atoms with Crippen molar-refractivity contribution in [2.24, 2.45) is 5.73 Å². The van der Waals surface area contributed by atoms with E-state index in [1.807, 2.05) is 0 Å². The number of ketones is 1. The predicted molar refractivity (Wildman–Crippen MR) is 67.5 cm³/mol. The quantitative estimate of drug-likeness (QED) is 0.919. The van der Waals surface area contributed by atoms with Crippen LogP contribution < -0.4 is 5.73 Å². The lowest BCUT2D eigenvalue weighted by Crippen LogP contribution is -2.49. The normalized spacial score (nSPS) is 23.9. The Morgan fingerprint density at radius 1 is 1.47 bits per heavy atom. The molecule has 92 valence electrons. The van der Waals surface area contributed by atoms with Crippen molar-refractivity contribution in [3.63, 3.8) is 0 Å². The highest BCUT2D eigenvalue weighted by Gasteiger charge is 2.37. The minimum atomic E-state index is -0.869. The lowest BCUT2D eigenvalue weighted by Gasteiger charge is -2.20. The van der Waals surface area contributed by atoms with Crippen molar-refractivity contribution in [2.45, 2.75) is 18.4 Å². The van der Waals surface area contributed by atoms with Gasteiger partial charge in [0.2, 0.25) is 0 Å². The van der Waals surface area contributed by atoms with Crippen molar-refractivity contribution in [2.75, 3.05) is 13.2 Å². The van der Waals surface area contributed by atoms with E-state index in [1.54, 1.807) is 18.2 Å². The van der Waals surface area contributed by atoms with E-state index >= 15 is 0 Å². The second kappa shape index (κ2) is 4.94. The van der Waals surface area contributed by atoms with Crippen LogP contribution in [0.25, 0.3) is 0 Å². The highest BCUT2D eigenvalue weighted by molar-refractivity contribution is 6.33. The average molecular weight is 274 g/mol. The van der Waals surface area contributed by atoms with Crippen LogP contribution in [0.3, 0.4) is 0 Å². The zero-order chi connectivity index (χ0) is 12.5. The maximum atomic E-state index is 12.1. The molecule has 0 amide bonds. The van der Waals surface area contributed by atoms with Crippen LogP contribution in [0.1, 0.15) is 12.0 Å². The van der Waals surface area contributed by atoms with Gasteiger partial charge >= 0.3 is 0 Å². The van der Waals surface area contributed by atoms with Gasteiger partial charge in [-0.2, -0.15) is 0 Å². The molecule has 0 saturated carbocycles. The summed E-state index contributed by atoms with van der Waals surface area (Å²) in [5.41, 5.74) is 5.83. The minimum Gasteiger partial charge on any atom is -0.379 e. The minimum absolute atomic E-state index is 0.0563. The molecule has 1 unspecified atom stereocenters. The molecule has 17 heavy (non-hydrogen) atoms. The largest absolute Gasteiger partial charge is 0.379 e. The summed E-state index contributed by atoms with van der Waals surface area (Å²) in [6.45, 7) is 0.815. The number of carbonyl (C=O) groups is 1. The van der Waals surface area contributed by atoms with Crippen molar-refractivity contribution in [1.29, 1.82) is 0 Å². The summed E-state index contributed by atoms with van der Waals surface area (Å²) < 4.78 is 5.17. The number of hydrogen-bond acceptors (Lipinski definition) is 3. The molecule has 0 aliphatic carbocycles. The summed E-state index contributed by atoms with van der Waals surface area (Å²) in [5, 5.41) is 1.09. The molecule has 0 spiro atoms. The molecule has 1 aliphatic rings. The Morgan fingerprint density at radius 3 is 2.88 bits per heavy atom. The summed E-state index contributed by atoms with van der Waals surface area (Å²) in [6.07, 6.45) is 0.753. The Bertz CT molecular complexity index is 442. The van der Waals surface area contributed by atoms with Crippen molar-refractivity contribution in [1.82, 2.24) is 0 Å². The zero-order valence-electron chi connectivity index (χ0n) is 9.21. The molecule has 1 heterocycles. The third-order valence-corrected chi connectivity index (χ3v) is 3.57. The van der Waals surface area contributed by atoms with Crippen LogP contribution in [-0.4, -0.2) is 24.5 Å². The first-order valence-corrected chi connectivity index (χ1v) is 6.11. The second-order valence-electron chi connectivity index (χ2n) is 4.29. The molecule has 1 fully saturated rings. The molecule has 5 heteroatoms. The number of ether oxygens (including phenoxy) is 1. The summed E-state index contributed by atoms with van der Waals surface area (Å²) in [7, 11) is 0. The summed E-state index contributed by atoms with van der Waals surface area (Å²) >= 11 is 11.9. The molecule has 3 nitrogen and oxygen atoms in total. The number of nitrogens with two attached hydrogens (primary N) is 1. The standard InChI is InChI=1S/C12H13Cl2NO2/c13-9-1-2-10(14)8(5-9)6-11(16)12(15)3-4-17-7-12/h1-2,5H,3-4,6-7,15H2. The van der Waals surface area contributed by atoms with Gasteiger partial charge in [-0.15, -0.1) is 0 Å². The fourth-order valence-corrected chi connectivity index (χ4v) is 2.21. The third kappa shape index (κ3) is 2.80. The van der Waals surface area contributed by atoms with Crippen LogP contribution in [0, 0.1) is 0 Å². The van der Waals surface area contributed by atoms with Gasteiger partial charge in [-0.1, -0.05) is 23.2 Å². The van der Waals surface area contributed by atoms with E-state index in [1.165, 1.54) is 0 Å². The number of hydrogen-bond donors (Lipinski definition) is 1. The van der Waals surface area contributed by atoms with E-state index in [2.05, 4.69) is 0 Å². The summed E-state index contributed by atoms with van der Waals surface area (Å²) in [6, 6.07) is 5.07. The molecule has 1 atom stereocenters. The number of Topliss-reactive ketones (excluding diaryl/α,β-unsaturated/α-hetero) is 1. The van der Waals surface area contributed by atoms with E-state index in [4.69, 9.17) is 33.7 Å². The van der Waals surface area contributed by atoms with Gasteiger partial charge in [-0.25, -0.2) is 0 Å². The monoisotopic (exact) mass is 273 g/mol. The maximum absolute atomic E-state index is 12.1. The van der Waals surface area contributed by atoms with E-state index in [-0.39, 0.29) is 18.8 Å². The van der Waals surface area contributed by atoms with E-state index in [0.29, 0.717) is 28.6 Å². The van der Waals surface area contributed by atoms with Gasteiger partial charge in [0.1, 0.15) is 5.54 Å². The van der Waals surface area contributed by atoms with Crippen LogP contribution >= 0.6 is 23.2 Å². The van der Waals surface area contributed by atoms with Crippen LogP contribution in [0.5, 0.6) is 0 Å². The highest BCUT2D eigenvalue weighted by Crippen LogP contribution is 2.24. The highest BCUT2D eigenvalue weighted by atomic mass is 35.5. The SMILES string of the molecule is NC1(C(=O)Cc2cc(Cl)ccc2Cl)CCOC1. The van der Waals surface area contributed by atoms with Crippen molar-refractivity contribution < 1.29 is 9.53 Å². The van der Waals surface area contributed by atoms with Gasteiger partial charge in [0.15, 0.2) is 5.78 Å². The van der Waals surface area contributed by atoms with Gasteiger partial charge < -0.3 is 10.5 Å². The lowest BCUT2D eigenvalue weighted by atomic mass is 9.90. The molecule has 1 saturated heterocycles. The summed E-state index contributed by atoms with van der Waals surface area (Å²) in [4.78, 5) is 12.1. The fourth-order valence-electron chi connectivity index (χ4n) is 1.83. The Morgan fingerprint density at radius 2 is 2.24 bits per heavy atom. The first kappa shape index (κ1) is 12.8. The van der Waals surface area contributed by atoms with Gasteiger partial charge in [-0.3, -0.25) is 4.79 Å². The van der Waals surface area contributed by atoms with Gasteiger partial charge in [0.25, 0.3) is 0 Å². The lowest BCUT2D eigenvalue weighted by molar-refractivity contribution is -0.123. The van der Waals surface area contributed by atoms with E-state index < -0.39 is 5.54 Å². The molecule has 1 aromatic rings. The fraction of sp³-hybridized carbons (Fsp3) is 0.417. The average Bonchev–Trinajstić information content (AvgIpc) is 2.72. The summed E-state index contributed by atoms with van der Waals surface area (Å²) in [5.74, 6) is -0.0563. The van der Waals surface area contributed by atoms with Crippen LogP contribution in [-0.2, 0) is 16.0 Å². The predicted octanol–water partition coefficient (Wildman–Crippen LogP) is 2.22. The van der Waals surface area contributed by atoms with E-state index in [9.17, 15) is 4.79 Å². The number of benzene rings is 1. The Hall–Kier alpha value is -0.610. The smallest absolute Gasteiger partial charge is 0.159 e. The topological polar surface area (TPSA) is 52.3 Å². The van der Waals surface area contributed by atoms with Gasteiger partial charge in [0, 0.05) is 23.1 Å². The Labute approximate surface area is 110 Å². The maximum Gasteiger partial charge on any atom is 0.159 e. The molecular weight excluding hydrogens is 261 g/mol. The molecule has 2 rings (SSSR count). The first-order chi connectivity index (χ1) is 8.01. The molecule has 0 aromatic heterocycles. The molecule has 1 aromatic carbocycles. The Balaban J connectivity index is 2.15. The van der Waals surface area contributed by atoms with Crippen molar-refractivity contribution in [3.8, 4) is 0 Å². The number of rotatable bonds is 3. The van der Waals surface area contributed by atoms with Crippen LogP contribution in [0.2, 0.25) is 10.0 Å². The van der Waals surface area contributed by atoms with Crippen molar-refractivity contribution in [3.05, 3.63) is 33.8 Å². The van der Waals surface area contributed by atoms with Gasteiger partial charge in [-0.05, 0) is 30.2 Å². The van der Waals surface area contributed by atoms with Crippen molar-refractivity contribution >= 4 is 29.0 Å².